The van der Waals surface area contributed by atoms with Crippen LogP contribution in [0.2, 0.25) is 0 Å². The lowest BCUT2D eigenvalue weighted by molar-refractivity contribution is 0.680. The molecule has 0 bridgehead atoms. The van der Waals surface area contributed by atoms with E-state index in [4.69, 9.17) is 5.73 Å². The SMILES string of the molecule is Nc1ccnn1Cc1ccncn1. The summed E-state index contributed by atoms with van der Waals surface area (Å²) in [4.78, 5) is 7.89. The fourth-order valence-corrected chi connectivity index (χ4v) is 1.04. The van der Waals surface area contributed by atoms with Crippen LogP contribution >= 0.6 is 0 Å². The van der Waals surface area contributed by atoms with Crippen LogP contribution in [0.15, 0.2) is 30.9 Å². The fraction of sp³-hybridized carbons (Fsp3) is 0.125. The van der Waals surface area contributed by atoms with Crippen molar-refractivity contribution in [3.63, 3.8) is 0 Å². The zero-order chi connectivity index (χ0) is 9.10. The van der Waals surface area contributed by atoms with E-state index in [1.54, 1.807) is 23.1 Å². The minimum absolute atomic E-state index is 0.585. The standard InChI is InChI=1S/C8H9N5/c9-8-2-4-12-13(8)5-7-1-3-10-6-11-7/h1-4,6H,5,9H2. The van der Waals surface area contributed by atoms with Gasteiger partial charge in [-0.1, -0.05) is 0 Å². The molecule has 0 radical (unpaired) electrons. The molecule has 0 atom stereocenters. The van der Waals surface area contributed by atoms with Gasteiger partial charge in [-0.2, -0.15) is 5.10 Å². The third kappa shape index (κ3) is 1.64. The highest BCUT2D eigenvalue weighted by Crippen LogP contribution is 2.02. The number of hydrogen-bond donors (Lipinski definition) is 1. The first-order valence-electron chi connectivity index (χ1n) is 3.88. The maximum absolute atomic E-state index is 5.65. The normalized spacial score (nSPS) is 10.2. The van der Waals surface area contributed by atoms with Gasteiger partial charge in [0.1, 0.15) is 12.1 Å². The van der Waals surface area contributed by atoms with Crippen molar-refractivity contribution in [2.24, 2.45) is 0 Å². The molecule has 0 aromatic carbocycles. The number of aromatic nitrogens is 4. The molecule has 2 heterocycles. The van der Waals surface area contributed by atoms with E-state index in [0.29, 0.717) is 12.4 Å². The highest BCUT2D eigenvalue weighted by atomic mass is 15.3. The lowest BCUT2D eigenvalue weighted by Gasteiger charge is -2.01. The molecular formula is C8H9N5. The summed E-state index contributed by atoms with van der Waals surface area (Å²) in [7, 11) is 0. The van der Waals surface area contributed by atoms with Crippen LogP contribution in [-0.4, -0.2) is 19.7 Å². The van der Waals surface area contributed by atoms with Gasteiger partial charge in [0, 0.05) is 6.20 Å². The Balaban J connectivity index is 2.20. The van der Waals surface area contributed by atoms with Crippen LogP contribution in [0.1, 0.15) is 5.69 Å². The van der Waals surface area contributed by atoms with Crippen LogP contribution in [0, 0.1) is 0 Å². The first-order chi connectivity index (χ1) is 6.36. The Kier molecular flexibility index (Phi) is 1.91. The van der Waals surface area contributed by atoms with Gasteiger partial charge < -0.3 is 5.73 Å². The number of anilines is 1. The Morgan fingerprint density at radius 1 is 1.31 bits per heavy atom. The molecule has 2 rings (SSSR count). The zero-order valence-corrected chi connectivity index (χ0v) is 6.96. The molecule has 2 aromatic rings. The molecule has 0 amide bonds. The summed E-state index contributed by atoms with van der Waals surface area (Å²) in [5.74, 6) is 0.638. The van der Waals surface area contributed by atoms with Gasteiger partial charge in [0.25, 0.3) is 0 Å². The molecule has 2 N–H and O–H groups in total. The van der Waals surface area contributed by atoms with Crippen LogP contribution in [0.3, 0.4) is 0 Å². The second kappa shape index (κ2) is 3.22. The van der Waals surface area contributed by atoms with E-state index in [2.05, 4.69) is 15.1 Å². The van der Waals surface area contributed by atoms with Gasteiger partial charge in [-0.05, 0) is 12.1 Å². The molecule has 5 nitrogen and oxygen atoms in total. The average Bonchev–Trinajstić information content (AvgIpc) is 2.54. The molecule has 0 aliphatic heterocycles. The number of nitrogens with two attached hydrogens (primary N) is 1. The van der Waals surface area contributed by atoms with Crippen LogP contribution in [0.5, 0.6) is 0 Å². The first-order valence-corrected chi connectivity index (χ1v) is 3.88. The van der Waals surface area contributed by atoms with E-state index < -0.39 is 0 Å². The van der Waals surface area contributed by atoms with Gasteiger partial charge in [0.05, 0.1) is 18.4 Å². The second-order valence-electron chi connectivity index (χ2n) is 2.61. The summed E-state index contributed by atoms with van der Waals surface area (Å²) in [5, 5.41) is 4.04. The molecule has 0 unspecified atom stereocenters. The van der Waals surface area contributed by atoms with Crippen molar-refractivity contribution in [3.8, 4) is 0 Å². The number of nitrogens with zero attached hydrogens (tertiary/aromatic N) is 4. The van der Waals surface area contributed by atoms with Gasteiger partial charge in [-0.25, -0.2) is 14.6 Å². The van der Waals surface area contributed by atoms with E-state index in [9.17, 15) is 0 Å². The quantitative estimate of drug-likeness (QED) is 0.712. The van der Waals surface area contributed by atoms with Gasteiger partial charge in [0.15, 0.2) is 0 Å². The maximum Gasteiger partial charge on any atom is 0.122 e. The molecule has 0 aliphatic carbocycles. The number of rotatable bonds is 2. The van der Waals surface area contributed by atoms with Crippen LogP contribution < -0.4 is 5.73 Å². The van der Waals surface area contributed by atoms with Crippen LogP contribution in [0.4, 0.5) is 5.82 Å². The van der Waals surface area contributed by atoms with E-state index in [-0.39, 0.29) is 0 Å². The Labute approximate surface area is 75.2 Å². The first kappa shape index (κ1) is 7.72. The van der Waals surface area contributed by atoms with E-state index >= 15 is 0 Å². The summed E-state index contributed by atoms with van der Waals surface area (Å²) < 4.78 is 1.68. The Bertz CT molecular complexity index is 380. The van der Waals surface area contributed by atoms with Gasteiger partial charge in [-0.3, -0.25) is 0 Å². The molecule has 66 valence electrons. The molecule has 5 heteroatoms. The minimum atomic E-state index is 0.585. The topological polar surface area (TPSA) is 69.6 Å². The summed E-state index contributed by atoms with van der Waals surface area (Å²) in [5.41, 5.74) is 6.54. The van der Waals surface area contributed by atoms with Crippen molar-refractivity contribution in [3.05, 3.63) is 36.5 Å². The highest BCUT2D eigenvalue weighted by Gasteiger charge is 1.99. The molecule has 0 aliphatic rings. The van der Waals surface area contributed by atoms with E-state index in [0.717, 1.165) is 5.69 Å². The van der Waals surface area contributed by atoms with Crippen molar-refractivity contribution in [2.75, 3.05) is 5.73 Å². The molecule has 13 heavy (non-hydrogen) atoms. The fourth-order valence-electron chi connectivity index (χ4n) is 1.04. The number of hydrogen-bond acceptors (Lipinski definition) is 4. The van der Waals surface area contributed by atoms with Crippen LogP contribution in [-0.2, 0) is 6.54 Å². The van der Waals surface area contributed by atoms with Gasteiger partial charge >= 0.3 is 0 Å². The lowest BCUT2D eigenvalue weighted by atomic mass is 10.4. The van der Waals surface area contributed by atoms with Gasteiger partial charge in [0.2, 0.25) is 0 Å². The smallest absolute Gasteiger partial charge is 0.122 e. The summed E-state index contributed by atoms with van der Waals surface area (Å²) in [6.07, 6.45) is 4.87. The molecule has 0 saturated heterocycles. The molecule has 0 spiro atoms. The Morgan fingerprint density at radius 3 is 2.85 bits per heavy atom. The van der Waals surface area contributed by atoms with Gasteiger partial charge in [-0.15, -0.1) is 0 Å². The minimum Gasteiger partial charge on any atom is -0.384 e. The summed E-state index contributed by atoms with van der Waals surface area (Å²) >= 11 is 0. The van der Waals surface area contributed by atoms with Crippen molar-refractivity contribution < 1.29 is 0 Å². The van der Waals surface area contributed by atoms with E-state index in [1.807, 2.05) is 6.07 Å². The third-order valence-corrected chi connectivity index (χ3v) is 1.70. The molecule has 2 aromatic heterocycles. The largest absolute Gasteiger partial charge is 0.384 e. The Morgan fingerprint density at radius 2 is 2.23 bits per heavy atom. The molecule has 0 saturated carbocycles. The summed E-state index contributed by atoms with van der Waals surface area (Å²) in [6, 6.07) is 3.59. The van der Waals surface area contributed by atoms with E-state index in [1.165, 1.54) is 6.33 Å². The summed E-state index contributed by atoms with van der Waals surface area (Å²) in [6.45, 7) is 0.585. The van der Waals surface area contributed by atoms with Crippen molar-refractivity contribution in [1.82, 2.24) is 19.7 Å². The second-order valence-corrected chi connectivity index (χ2v) is 2.61. The maximum atomic E-state index is 5.65. The predicted molar refractivity (Wildman–Crippen MR) is 47.8 cm³/mol. The predicted octanol–water partition coefficient (Wildman–Crippen LogP) is 0.304. The van der Waals surface area contributed by atoms with Crippen molar-refractivity contribution >= 4 is 5.82 Å². The number of nitrogen functional groups attached to an aromatic ring is 1. The Hall–Kier alpha value is -1.91. The monoisotopic (exact) mass is 175 g/mol. The van der Waals surface area contributed by atoms with Crippen molar-refractivity contribution in [1.29, 1.82) is 0 Å². The molecule has 0 fully saturated rings. The zero-order valence-electron chi connectivity index (χ0n) is 6.96. The van der Waals surface area contributed by atoms with Crippen molar-refractivity contribution in [2.45, 2.75) is 6.54 Å². The lowest BCUT2D eigenvalue weighted by Crippen LogP contribution is -2.06. The molecular weight excluding hydrogens is 166 g/mol. The van der Waals surface area contributed by atoms with Crippen LogP contribution in [0.25, 0.3) is 0 Å². The average molecular weight is 175 g/mol. The highest BCUT2D eigenvalue weighted by molar-refractivity contribution is 5.26. The third-order valence-electron chi connectivity index (χ3n) is 1.70.